The van der Waals surface area contributed by atoms with Gasteiger partial charge in [0.15, 0.2) is 0 Å². The van der Waals surface area contributed by atoms with Crippen LogP contribution in [0.5, 0.6) is 0 Å². The van der Waals surface area contributed by atoms with Gasteiger partial charge in [0.25, 0.3) is 0 Å². The zero-order valence-corrected chi connectivity index (χ0v) is 10.4. The summed E-state index contributed by atoms with van der Waals surface area (Å²) in [5.74, 6) is 0.740. The molecule has 2 N–H and O–H groups in total. The van der Waals surface area contributed by atoms with Gasteiger partial charge in [-0.05, 0) is 12.1 Å². The van der Waals surface area contributed by atoms with Gasteiger partial charge in [0.05, 0.1) is 23.3 Å². The first kappa shape index (κ1) is 12.0. The third-order valence-corrected chi connectivity index (χ3v) is 2.72. The lowest BCUT2D eigenvalue weighted by molar-refractivity contribution is 0.816. The average Bonchev–Trinajstić information content (AvgIpc) is 2.88. The quantitative estimate of drug-likeness (QED) is 0.829. The molecule has 0 radical (unpaired) electrons. The summed E-state index contributed by atoms with van der Waals surface area (Å²) >= 11 is 6.06. The number of guanidine groups is 1. The normalized spacial score (nSPS) is 14.1. The van der Waals surface area contributed by atoms with Crippen molar-refractivity contribution in [3.63, 3.8) is 0 Å². The summed E-state index contributed by atoms with van der Waals surface area (Å²) in [7, 11) is 0. The molecule has 0 amide bonds. The minimum atomic E-state index is 0. The Hall–Kier alpha value is -1.46. The second kappa shape index (κ2) is 4.81. The van der Waals surface area contributed by atoms with E-state index in [1.807, 2.05) is 24.4 Å². The fraction of sp³-hybridized carbons (Fsp3) is 0.200. The van der Waals surface area contributed by atoms with E-state index in [0.29, 0.717) is 5.02 Å². The number of nitrogens with one attached hydrogen (secondary N) is 2. The number of halogens is 2. The van der Waals surface area contributed by atoms with Crippen LogP contribution in [-0.4, -0.2) is 28.9 Å². The van der Waals surface area contributed by atoms with E-state index >= 15 is 0 Å². The molecule has 2 aromatic rings. The highest BCUT2D eigenvalue weighted by molar-refractivity contribution is 6.35. The van der Waals surface area contributed by atoms with Gasteiger partial charge in [0.1, 0.15) is 0 Å². The van der Waals surface area contributed by atoms with Crippen LogP contribution in [0.2, 0.25) is 5.02 Å². The molecular weight excluding hydrogens is 261 g/mol. The fourth-order valence-corrected chi connectivity index (χ4v) is 1.86. The standard InChI is InChI=1S/C10H10ClN5.ClH/c11-8-2-1-3-9-7(8)6-16(14-9)15-10-12-4-5-13-10;/h1-3,6H,4-5H2,(H2,12,13,15);1H. The van der Waals surface area contributed by atoms with Gasteiger partial charge in [0, 0.05) is 11.9 Å². The molecule has 0 saturated carbocycles. The highest BCUT2D eigenvalue weighted by Gasteiger charge is 2.07. The Balaban J connectivity index is 0.00000108. The van der Waals surface area contributed by atoms with Crippen molar-refractivity contribution in [2.75, 3.05) is 18.5 Å². The summed E-state index contributed by atoms with van der Waals surface area (Å²) < 4.78 is 0. The molecule has 3 rings (SSSR count). The molecule has 1 aliphatic heterocycles. The van der Waals surface area contributed by atoms with E-state index < -0.39 is 0 Å². The Morgan fingerprint density at radius 3 is 3.00 bits per heavy atom. The predicted molar refractivity (Wildman–Crippen MR) is 71.7 cm³/mol. The predicted octanol–water partition coefficient (Wildman–Crippen LogP) is 1.61. The third kappa shape index (κ3) is 2.30. The molecule has 0 atom stereocenters. The number of benzene rings is 1. The van der Waals surface area contributed by atoms with E-state index in [2.05, 4.69) is 20.8 Å². The molecule has 1 aromatic heterocycles. The molecule has 1 aromatic carbocycles. The Bertz CT molecular complexity index is 563. The molecule has 0 aliphatic carbocycles. The highest BCUT2D eigenvalue weighted by atomic mass is 35.5. The zero-order chi connectivity index (χ0) is 11.0. The summed E-state index contributed by atoms with van der Waals surface area (Å²) in [6.45, 7) is 1.66. The van der Waals surface area contributed by atoms with E-state index in [9.17, 15) is 0 Å². The van der Waals surface area contributed by atoms with Crippen LogP contribution in [-0.2, 0) is 0 Å². The van der Waals surface area contributed by atoms with Gasteiger partial charge < -0.3 is 5.32 Å². The van der Waals surface area contributed by atoms with Crippen LogP contribution in [0.4, 0.5) is 0 Å². The number of hydrogen-bond donors (Lipinski definition) is 2. The molecule has 90 valence electrons. The number of aromatic nitrogens is 2. The topological polar surface area (TPSA) is 54.2 Å². The Morgan fingerprint density at radius 2 is 2.29 bits per heavy atom. The van der Waals surface area contributed by atoms with Gasteiger partial charge in [-0.25, -0.2) is 10.4 Å². The molecule has 0 bridgehead atoms. The highest BCUT2D eigenvalue weighted by Crippen LogP contribution is 2.21. The largest absolute Gasteiger partial charge is 0.353 e. The van der Waals surface area contributed by atoms with E-state index in [1.54, 1.807) is 4.79 Å². The van der Waals surface area contributed by atoms with Crippen LogP contribution in [0.25, 0.3) is 10.9 Å². The first-order valence-corrected chi connectivity index (χ1v) is 5.40. The van der Waals surface area contributed by atoms with Crippen molar-refractivity contribution in [3.8, 4) is 0 Å². The van der Waals surface area contributed by atoms with Crippen molar-refractivity contribution < 1.29 is 0 Å². The molecule has 7 heteroatoms. The molecule has 0 fully saturated rings. The minimum absolute atomic E-state index is 0. The fourth-order valence-electron chi connectivity index (χ4n) is 1.65. The summed E-state index contributed by atoms with van der Waals surface area (Å²) in [5, 5.41) is 9.07. The van der Waals surface area contributed by atoms with Gasteiger partial charge in [-0.3, -0.25) is 0 Å². The summed E-state index contributed by atoms with van der Waals surface area (Å²) in [6.07, 6.45) is 1.85. The van der Waals surface area contributed by atoms with Crippen molar-refractivity contribution in [3.05, 3.63) is 29.4 Å². The SMILES string of the molecule is Cl.Clc1cccc2nn(NC3=NCCN3)cc12. The lowest BCUT2D eigenvalue weighted by atomic mass is 10.3. The maximum Gasteiger partial charge on any atom is 0.212 e. The molecule has 2 heterocycles. The first-order valence-electron chi connectivity index (χ1n) is 5.02. The van der Waals surface area contributed by atoms with E-state index in [4.69, 9.17) is 11.6 Å². The van der Waals surface area contributed by atoms with Gasteiger partial charge >= 0.3 is 0 Å². The van der Waals surface area contributed by atoms with Crippen molar-refractivity contribution >= 4 is 40.9 Å². The first-order chi connectivity index (χ1) is 7.83. The molecule has 0 spiro atoms. The van der Waals surface area contributed by atoms with Crippen LogP contribution in [0.1, 0.15) is 0 Å². The van der Waals surface area contributed by atoms with Crippen LogP contribution >= 0.6 is 24.0 Å². The van der Waals surface area contributed by atoms with Crippen molar-refractivity contribution in [2.45, 2.75) is 0 Å². The Morgan fingerprint density at radius 1 is 1.41 bits per heavy atom. The lowest BCUT2D eigenvalue weighted by Crippen LogP contribution is -2.32. The number of aliphatic imine (C=N–C) groups is 1. The number of hydrogen-bond acceptors (Lipinski definition) is 4. The van der Waals surface area contributed by atoms with Gasteiger partial charge in [-0.1, -0.05) is 17.7 Å². The van der Waals surface area contributed by atoms with E-state index in [1.165, 1.54) is 0 Å². The molecule has 0 saturated heterocycles. The van der Waals surface area contributed by atoms with Gasteiger partial charge in [-0.2, -0.15) is 9.89 Å². The van der Waals surface area contributed by atoms with E-state index in [0.717, 1.165) is 30.0 Å². The van der Waals surface area contributed by atoms with Crippen LogP contribution in [0.3, 0.4) is 0 Å². The monoisotopic (exact) mass is 271 g/mol. The van der Waals surface area contributed by atoms with Crippen molar-refractivity contribution in [1.82, 2.24) is 15.2 Å². The molecular formula is C10H11Cl2N5. The van der Waals surface area contributed by atoms with Crippen LogP contribution in [0, 0.1) is 0 Å². The smallest absolute Gasteiger partial charge is 0.212 e. The molecule has 5 nitrogen and oxygen atoms in total. The van der Waals surface area contributed by atoms with Crippen molar-refractivity contribution in [1.29, 1.82) is 0 Å². The number of fused-ring (bicyclic) bond motifs is 1. The zero-order valence-electron chi connectivity index (χ0n) is 8.85. The van der Waals surface area contributed by atoms with Gasteiger partial charge in [0.2, 0.25) is 5.96 Å². The van der Waals surface area contributed by atoms with Crippen molar-refractivity contribution in [2.24, 2.45) is 4.99 Å². The van der Waals surface area contributed by atoms with Gasteiger partial charge in [-0.15, -0.1) is 12.4 Å². The number of rotatable bonds is 1. The maximum atomic E-state index is 6.06. The molecule has 1 aliphatic rings. The summed E-state index contributed by atoms with van der Waals surface area (Å²) in [5.41, 5.74) is 3.90. The summed E-state index contributed by atoms with van der Waals surface area (Å²) in [4.78, 5) is 5.84. The third-order valence-electron chi connectivity index (χ3n) is 2.39. The lowest BCUT2D eigenvalue weighted by Gasteiger charge is -2.04. The molecule has 17 heavy (non-hydrogen) atoms. The second-order valence-electron chi connectivity index (χ2n) is 3.52. The number of nitrogens with zero attached hydrogens (tertiary/aromatic N) is 3. The maximum absolute atomic E-state index is 6.06. The van der Waals surface area contributed by atoms with E-state index in [-0.39, 0.29) is 12.4 Å². The summed E-state index contributed by atoms with van der Waals surface area (Å²) in [6, 6.07) is 5.65. The Labute approximate surface area is 109 Å². The second-order valence-corrected chi connectivity index (χ2v) is 3.92. The average molecular weight is 272 g/mol. The van der Waals surface area contributed by atoms with Crippen LogP contribution in [0.15, 0.2) is 29.4 Å². The molecule has 0 unspecified atom stereocenters. The minimum Gasteiger partial charge on any atom is -0.353 e. The Kier molecular flexibility index (Phi) is 3.40. The van der Waals surface area contributed by atoms with Crippen LogP contribution < -0.4 is 10.7 Å².